The van der Waals surface area contributed by atoms with Gasteiger partial charge in [0.05, 0.1) is 6.61 Å². The molecular formula is C23H36N2O2. The van der Waals surface area contributed by atoms with Gasteiger partial charge < -0.3 is 14.5 Å². The van der Waals surface area contributed by atoms with Crippen LogP contribution in [0.3, 0.4) is 0 Å². The summed E-state index contributed by atoms with van der Waals surface area (Å²) in [4.78, 5) is 17.4. The van der Waals surface area contributed by atoms with Gasteiger partial charge in [0.25, 0.3) is 0 Å². The van der Waals surface area contributed by atoms with Crippen molar-refractivity contribution < 1.29 is 9.53 Å². The lowest BCUT2D eigenvalue weighted by atomic mass is 9.99. The molecule has 1 saturated carbocycles. The molecule has 0 radical (unpaired) electrons. The van der Waals surface area contributed by atoms with Gasteiger partial charge in [-0.05, 0) is 69.8 Å². The van der Waals surface area contributed by atoms with Gasteiger partial charge in [0.15, 0.2) is 0 Å². The molecule has 3 rings (SSSR count). The van der Waals surface area contributed by atoms with Gasteiger partial charge in [0.2, 0.25) is 5.91 Å². The zero-order chi connectivity index (χ0) is 19.2. The zero-order valence-corrected chi connectivity index (χ0v) is 17.3. The van der Waals surface area contributed by atoms with Crippen LogP contribution in [0.5, 0.6) is 5.75 Å². The van der Waals surface area contributed by atoms with E-state index in [0.29, 0.717) is 24.4 Å². The summed E-state index contributed by atoms with van der Waals surface area (Å²) in [5, 5.41) is 0. The molecule has 1 amide bonds. The van der Waals surface area contributed by atoms with Gasteiger partial charge in [0.1, 0.15) is 5.75 Å². The first kappa shape index (κ1) is 20.2. The van der Waals surface area contributed by atoms with E-state index in [4.69, 9.17) is 4.74 Å². The van der Waals surface area contributed by atoms with Crippen LogP contribution in [0.4, 0.5) is 0 Å². The molecule has 0 bridgehead atoms. The summed E-state index contributed by atoms with van der Waals surface area (Å²) >= 11 is 0. The molecule has 0 aromatic heterocycles. The largest absolute Gasteiger partial charge is 0.493 e. The maximum atomic E-state index is 12.9. The van der Waals surface area contributed by atoms with Crippen molar-refractivity contribution in [3.05, 3.63) is 29.8 Å². The Balaban J connectivity index is 1.59. The number of ether oxygens (including phenoxy) is 1. The normalized spacial score (nSPS) is 20.7. The molecule has 4 nitrogen and oxygen atoms in total. The fourth-order valence-corrected chi connectivity index (χ4v) is 4.20. The van der Waals surface area contributed by atoms with Crippen molar-refractivity contribution in [2.75, 3.05) is 26.7 Å². The van der Waals surface area contributed by atoms with Gasteiger partial charge in [-0.2, -0.15) is 0 Å². The Labute approximate surface area is 164 Å². The van der Waals surface area contributed by atoms with E-state index in [1.807, 2.05) is 6.07 Å². The number of hydrogen-bond acceptors (Lipinski definition) is 3. The second kappa shape index (κ2) is 9.59. The van der Waals surface area contributed by atoms with Crippen LogP contribution in [0.25, 0.3) is 0 Å². The number of hydrogen-bond donors (Lipinski definition) is 0. The van der Waals surface area contributed by atoms with Crippen LogP contribution in [0, 0.1) is 11.8 Å². The molecule has 0 unspecified atom stereocenters. The van der Waals surface area contributed by atoms with Crippen LogP contribution in [0.15, 0.2) is 24.3 Å². The minimum absolute atomic E-state index is 0.160. The van der Waals surface area contributed by atoms with Gasteiger partial charge >= 0.3 is 0 Å². The van der Waals surface area contributed by atoms with Gasteiger partial charge in [-0.3, -0.25) is 4.79 Å². The summed E-state index contributed by atoms with van der Waals surface area (Å²) in [7, 11) is 2.19. The first-order valence-electron chi connectivity index (χ1n) is 10.8. The molecule has 4 heteroatoms. The van der Waals surface area contributed by atoms with E-state index in [2.05, 4.69) is 48.9 Å². The maximum Gasteiger partial charge on any atom is 0.226 e. The number of benzene rings is 1. The summed E-state index contributed by atoms with van der Waals surface area (Å²) < 4.78 is 6.11. The van der Waals surface area contributed by atoms with Crippen LogP contribution in [0.1, 0.15) is 57.9 Å². The molecule has 1 aliphatic heterocycles. The Kier molecular flexibility index (Phi) is 7.17. The van der Waals surface area contributed by atoms with Crippen molar-refractivity contribution in [2.24, 2.45) is 11.8 Å². The van der Waals surface area contributed by atoms with Crippen LogP contribution in [0.2, 0.25) is 0 Å². The van der Waals surface area contributed by atoms with E-state index in [-0.39, 0.29) is 5.92 Å². The smallest absolute Gasteiger partial charge is 0.226 e. The maximum absolute atomic E-state index is 12.9. The van der Waals surface area contributed by atoms with E-state index < -0.39 is 0 Å². The Morgan fingerprint density at radius 3 is 2.70 bits per heavy atom. The van der Waals surface area contributed by atoms with Gasteiger partial charge in [0, 0.05) is 31.0 Å². The quantitative estimate of drug-likeness (QED) is 0.647. The molecule has 27 heavy (non-hydrogen) atoms. The third-order valence-corrected chi connectivity index (χ3v) is 6.06. The summed E-state index contributed by atoms with van der Waals surface area (Å²) in [6, 6.07) is 8.80. The Morgan fingerprint density at radius 1 is 1.26 bits per heavy atom. The average Bonchev–Trinajstić information content (AvgIpc) is 3.51. The molecule has 150 valence electrons. The summed E-state index contributed by atoms with van der Waals surface area (Å²) in [5.74, 6) is 2.05. The monoisotopic (exact) mass is 372 g/mol. The second-order valence-electron chi connectivity index (χ2n) is 8.44. The first-order valence-corrected chi connectivity index (χ1v) is 10.8. The van der Waals surface area contributed by atoms with E-state index in [1.54, 1.807) is 0 Å². The number of piperidine rings is 1. The third kappa shape index (κ3) is 5.71. The average molecular weight is 373 g/mol. The van der Waals surface area contributed by atoms with E-state index >= 15 is 0 Å². The highest BCUT2D eigenvalue weighted by molar-refractivity contribution is 5.79. The van der Waals surface area contributed by atoms with E-state index in [0.717, 1.165) is 44.6 Å². The molecule has 0 N–H and O–H groups in total. The van der Waals surface area contributed by atoms with Crippen molar-refractivity contribution in [1.82, 2.24) is 9.80 Å². The summed E-state index contributed by atoms with van der Waals surface area (Å²) in [6.07, 6.45) is 6.67. The molecule has 1 atom stereocenters. The van der Waals surface area contributed by atoms with E-state index in [9.17, 15) is 4.79 Å². The standard InChI is InChI=1S/C23H36N2O2/c1-4-20(5-2)23(26)25(21-11-12-21)16-18-8-6-10-22(14-18)27-17-19-9-7-13-24(3)15-19/h6,8,10,14,19-21H,4-5,7,9,11-13,15-17H2,1-3H3/t19-/m0/s1. The predicted molar refractivity (Wildman–Crippen MR) is 110 cm³/mol. The van der Waals surface area contributed by atoms with Crippen LogP contribution in [-0.2, 0) is 11.3 Å². The topological polar surface area (TPSA) is 32.8 Å². The highest BCUT2D eigenvalue weighted by Crippen LogP contribution is 2.31. The zero-order valence-electron chi connectivity index (χ0n) is 17.3. The Morgan fingerprint density at radius 2 is 2.04 bits per heavy atom. The number of nitrogens with zero attached hydrogens (tertiary/aromatic N) is 2. The van der Waals surface area contributed by atoms with Crippen LogP contribution < -0.4 is 4.74 Å². The molecular weight excluding hydrogens is 336 g/mol. The van der Waals surface area contributed by atoms with Gasteiger partial charge in [-0.25, -0.2) is 0 Å². The Bertz CT molecular complexity index is 610. The highest BCUT2D eigenvalue weighted by atomic mass is 16.5. The number of carbonyl (C=O) groups is 1. The third-order valence-electron chi connectivity index (χ3n) is 6.06. The van der Waals surface area contributed by atoms with Crippen molar-refractivity contribution in [2.45, 2.75) is 65.0 Å². The van der Waals surface area contributed by atoms with Crippen molar-refractivity contribution in [3.8, 4) is 5.75 Å². The summed E-state index contributed by atoms with van der Waals surface area (Å²) in [5.41, 5.74) is 1.18. The number of likely N-dealkylation sites (tertiary alicyclic amines) is 1. The molecule has 1 aliphatic carbocycles. The minimum Gasteiger partial charge on any atom is -0.493 e. The molecule has 2 aliphatic rings. The molecule has 2 fully saturated rings. The van der Waals surface area contributed by atoms with Gasteiger partial charge in [-0.1, -0.05) is 26.0 Å². The SMILES string of the molecule is CCC(CC)C(=O)N(Cc1cccc(OC[C@H]2CCCN(C)C2)c1)C1CC1. The van der Waals surface area contributed by atoms with Crippen LogP contribution >= 0.6 is 0 Å². The molecule has 1 aromatic carbocycles. The number of rotatable bonds is 9. The van der Waals surface area contributed by atoms with Crippen molar-refractivity contribution in [3.63, 3.8) is 0 Å². The van der Waals surface area contributed by atoms with Crippen molar-refractivity contribution >= 4 is 5.91 Å². The fraction of sp³-hybridized carbons (Fsp3) is 0.696. The lowest BCUT2D eigenvalue weighted by molar-refractivity contribution is -0.137. The predicted octanol–water partition coefficient (Wildman–Crippen LogP) is 4.33. The Hall–Kier alpha value is -1.55. The minimum atomic E-state index is 0.160. The fourth-order valence-electron chi connectivity index (χ4n) is 4.20. The lowest BCUT2D eigenvalue weighted by Crippen LogP contribution is -2.37. The summed E-state index contributed by atoms with van der Waals surface area (Å²) in [6.45, 7) is 8.06. The molecule has 1 aromatic rings. The number of carbonyl (C=O) groups excluding carboxylic acids is 1. The van der Waals surface area contributed by atoms with E-state index in [1.165, 1.54) is 24.9 Å². The first-order chi connectivity index (χ1) is 13.1. The lowest BCUT2D eigenvalue weighted by Gasteiger charge is -2.29. The molecule has 0 spiro atoms. The van der Waals surface area contributed by atoms with Crippen molar-refractivity contribution in [1.29, 1.82) is 0 Å². The molecule has 1 saturated heterocycles. The van der Waals surface area contributed by atoms with Gasteiger partial charge in [-0.15, -0.1) is 0 Å². The highest BCUT2D eigenvalue weighted by Gasteiger charge is 2.34. The van der Waals surface area contributed by atoms with Crippen LogP contribution in [-0.4, -0.2) is 48.5 Å². The molecule has 1 heterocycles. The number of amides is 1. The second-order valence-corrected chi connectivity index (χ2v) is 8.44.